The molecule has 3 aromatic rings. The molecule has 1 aliphatic heterocycles. The Balaban J connectivity index is 1.47. The fourth-order valence-corrected chi connectivity index (χ4v) is 3.39. The number of carbonyl (C=O) groups excluding carboxylic acids is 1. The van der Waals surface area contributed by atoms with Crippen LogP contribution in [0.5, 0.6) is 0 Å². The van der Waals surface area contributed by atoms with Gasteiger partial charge in [0.2, 0.25) is 17.7 Å². The first kappa shape index (κ1) is 20.7. The van der Waals surface area contributed by atoms with Crippen molar-refractivity contribution in [1.29, 1.82) is 0 Å². The number of amides is 1. The molecular formula is C21H26N8O2. The van der Waals surface area contributed by atoms with E-state index in [9.17, 15) is 4.79 Å². The molecule has 1 fully saturated rings. The van der Waals surface area contributed by atoms with E-state index in [4.69, 9.17) is 4.42 Å². The Morgan fingerprint density at radius 3 is 2.45 bits per heavy atom. The molecule has 1 aliphatic rings. The van der Waals surface area contributed by atoms with Crippen LogP contribution >= 0.6 is 0 Å². The minimum atomic E-state index is -0.372. The summed E-state index contributed by atoms with van der Waals surface area (Å²) in [6, 6.07) is 5.97. The number of nitrogens with one attached hydrogen (secondary N) is 2. The van der Waals surface area contributed by atoms with Gasteiger partial charge in [-0.2, -0.15) is 15.0 Å². The van der Waals surface area contributed by atoms with Crippen LogP contribution in [-0.2, 0) is 0 Å². The van der Waals surface area contributed by atoms with Crippen molar-refractivity contribution in [2.45, 2.75) is 20.8 Å². The maximum absolute atomic E-state index is 12.6. The fraction of sp³-hybridized carbons (Fsp3) is 0.381. The highest BCUT2D eigenvalue weighted by Crippen LogP contribution is 2.22. The molecule has 3 heterocycles. The van der Waals surface area contributed by atoms with Crippen LogP contribution in [0.25, 0.3) is 0 Å². The summed E-state index contributed by atoms with van der Waals surface area (Å²) in [6.45, 7) is 9.29. The molecule has 0 spiro atoms. The second kappa shape index (κ2) is 8.68. The maximum atomic E-state index is 12.6. The van der Waals surface area contributed by atoms with Gasteiger partial charge in [-0.1, -0.05) is 18.2 Å². The molecule has 1 aromatic carbocycles. The predicted molar refractivity (Wildman–Crippen MR) is 118 cm³/mol. The summed E-state index contributed by atoms with van der Waals surface area (Å²) in [5.74, 6) is 1.25. The zero-order chi connectivity index (χ0) is 22.0. The number of para-hydroxylation sites is 1. The van der Waals surface area contributed by atoms with Crippen LogP contribution in [0.4, 0.5) is 23.6 Å². The lowest BCUT2D eigenvalue weighted by Gasteiger charge is -2.32. The van der Waals surface area contributed by atoms with Crippen LogP contribution in [0, 0.1) is 20.8 Å². The van der Waals surface area contributed by atoms with E-state index in [0.717, 1.165) is 43.0 Å². The number of anilines is 4. The van der Waals surface area contributed by atoms with Gasteiger partial charge in [-0.3, -0.25) is 10.1 Å². The van der Waals surface area contributed by atoms with Crippen molar-refractivity contribution in [2.24, 2.45) is 0 Å². The molecule has 1 saturated heterocycles. The van der Waals surface area contributed by atoms with Crippen molar-refractivity contribution in [3.05, 3.63) is 47.1 Å². The molecule has 0 aliphatic carbocycles. The Bertz CT molecular complexity index is 1070. The monoisotopic (exact) mass is 422 g/mol. The minimum absolute atomic E-state index is 0.0928. The molecule has 0 radical (unpaired) electrons. The minimum Gasteiger partial charge on any atom is -0.418 e. The quantitative estimate of drug-likeness (QED) is 0.640. The Morgan fingerprint density at radius 2 is 1.74 bits per heavy atom. The number of piperazine rings is 1. The number of hydrogen-bond donors (Lipinski definition) is 2. The van der Waals surface area contributed by atoms with Crippen molar-refractivity contribution >= 4 is 29.5 Å². The van der Waals surface area contributed by atoms with E-state index >= 15 is 0 Å². The standard InChI is InChI=1S/C21H26N8O2/c1-13-6-5-7-14(2)17(13)25-18(30)16-12-22-21(31-16)27-19-23-15(3)24-20(26-19)29-10-8-28(4)9-11-29/h5-7,12H,8-11H2,1-4H3,(H,25,30)(H,22,23,24,26,27). The van der Waals surface area contributed by atoms with E-state index < -0.39 is 0 Å². The molecule has 0 bridgehead atoms. The van der Waals surface area contributed by atoms with Gasteiger partial charge in [0.1, 0.15) is 5.82 Å². The zero-order valence-corrected chi connectivity index (χ0v) is 18.1. The van der Waals surface area contributed by atoms with Gasteiger partial charge >= 0.3 is 6.01 Å². The summed E-state index contributed by atoms with van der Waals surface area (Å²) in [6.07, 6.45) is 1.38. The molecular weight excluding hydrogens is 396 g/mol. The van der Waals surface area contributed by atoms with E-state index in [-0.39, 0.29) is 17.7 Å². The van der Waals surface area contributed by atoms with Crippen LogP contribution in [0.3, 0.4) is 0 Å². The third kappa shape index (κ3) is 4.80. The molecule has 0 saturated carbocycles. The topological polar surface area (TPSA) is 112 Å². The van der Waals surface area contributed by atoms with Crippen LogP contribution in [0.1, 0.15) is 27.5 Å². The number of aromatic nitrogens is 4. The van der Waals surface area contributed by atoms with E-state index in [2.05, 4.69) is 47.4 Å². The summed E-state index contributed by atoms with van der Waals surface area (Å²) in [7, 11) is 2.10. The smallest absolute Gasteiger partial charge is 0.302 e. The second-order valence-corrected chi connectivity index (χ2v) is 7.67. The number of hydrogen-bond acceptors (Lipinski definition) is 9. The summed E-state index contributed by atoms with van der Waals surface area (Å²) >= 11 is 0. The molecule has 31 heavy (non-hydrogen) atoms. The summed E-state index contributed by atoms with van der Waals surface area (Å²) in [5, 5.41) is 5.82. The van der Waals surface area contributed by atoms with Gasteiger partial charge in [-0.15, -0.1) is 0 Å². The van der Waals surface area contributed by atoms with Crippen LogP contribution in [-0.4, -0.2) is 64.0 Å². The molecule has 1 amide bonds. The number of likely N-dealkylation sites (N-methyl/N-ethyl adjacent to an activating group) is 1. The Morgan fingerprint density at radius 1 is 1.03 bits per heavy atom. The molecule has 2 aromatic heterocycles. The average Bonchev–Trinajstić information content (AvgIpc) is 3.19. The Kier molecular flexibility index (Phi) is 5.81. The third-order valence-electron chi connectivity index (χ3n) is 5.19. The molecule has 162 valence electrons. The highest BCUT2D eigenvalue weighted by molar-refractivity contribution is 6.03. The van der Waals surface area contributed by atoms with E-state index in [1.165, 1.54) is 6.20 Å². The Hall–Kier alpha value is -3.53. The maximum Gasteiger partial charge on any atom is 0.302 e. The molecule has 10 nitrogen and oxygen atoms in total. The molecule has 10 heteroatoms. The van der Waals surface area contributed by atoms with Crippen LogP contribution in [0.15, 0.2) is 28.8 Å². The SMILES string of the molecule is Cc1nc(Nc2ncc(C(=O)Nc3c(C)cccc3C)o2)nc(N2CCN(C)CC2)n1. The number of benzene rings is 1. The molecule has 0 atom stereocenters. The molecule has 4 rings (SSSR count). The van der Waals surface area contributed by atoms with E-state index in [1.807, 2.05) is 39.0 Å². The number of carbonyl (C=O) groups is 1. The van der Waals surface area contributed by atoms with Gasteiger partial charge in [-0.25, -0.2) is 4.98 Å². The number of nitrogens with zero attached hydrogens (tertiary/aromatic N) is 6. The van der Waals surface area contributed by atoms with Gasteiger partial charge in [0.15, 0.2) is 0 Å². The summed E-state index contributed by atoms with van der Waals surface area (Å²) in [5.41, 5.74) is 2.72. The lowest BCUT2D eigenvalue weighted by atomic mass is 10.1. The van der Waals surface area contributed by atoms with Gasteiger partial charge in [0.05, 0.1) is 6.20 Å². The van der Waals surface area contributed by atoms with Crippen molar-refractivity contribution < 1.29 is 9.21 Å². The van der Waals surface area contributed by atoms with E-state index in [0.29, 0.717) is 17.7 Å². The molecule has 0 unspecified atom stereocenters. The third-order valence-corrected chi connectivity index (χ3v) is 5.19. The second-order valence-electron chi connectivity index (χ2n) is 7.67. The first-order valence-electron chi connectivity index (χ1n) is 10.2. The van der Waals surface area contributed by atoms with Crippen molar-refractivity contribution in [1.82, 2.24) is 24.8 Å². The van der Waals surface area contributed by atoms with Gasteiger partial charge < -0.3 is 19.5 Å². The Labute approximate surface area is 180 Å². The summed E-state index contributed by atoms with van der Waals surface area (Å²) < 4.78 is 5.59. The van der Waals surface area contributed by atoms with Crippen molar-refractivity contribution in [2.75, 3.05) is 48.8 Å². The lowest BCUT2D eigenvalue weighted by molar-refractivity contribution is 0.0997. The number of oxazole rings is 1. The average molecular weight is 422 g/mol. The van der Waals surface area contributed by atoms with Crippen LogP contribution < -0.4 is 15.5 Å². The predicted octanol–water partition coefficient (Wildman–Crippen LogP) is 2.53. The highest BCUT2D eigenvalue weighted by Gasteiger charge is 2.19. The first-order valence-corrected chi connectivity index (χ1v) is 10.2. The summed E-state index contributed by atoms with van der Waals surface area (Å²) in [4.78, 5) is 34.4. The normalized spacial score (nSPS) is 14.5. The van der Waals surface area contributed by atoms with Gasteiger partial charge in [0.25, 0.3) is 5.91 Å². The lowest BCUT2D eigenvalue weighted by Crippen LogP contribution is -2.45. The zero-order valence-electron chi connectivity index (χ0n) is 18.1. The number of rotatable bonds is 5. The van der Waals surface area contributed by atoms with E-state index in [1.54, 1.807) is 0 Å². The largest absolute Gasteiger partial charge is 0.418 e. The van der Waals surface area contributed by atoms with Crippen molar-refractivity contribution in [3.63, 3.8) is 0 Å². The van der Waals surface area contributed by atoms with Gasteiger partial charge in [-0.05, 0) is 38.9 Å². The molecule has 2 N–H and O–H groups in total. The fourth-order valence-electron chi connectivity index (χ4n) is 3.39. The van der Waals surface area contributed by atoms with Crippen LogP contribution in [0.2, 0.25) is 0 Å². The van der Waals surface area contributed by atoms with Gasteiger partial charge in [0, 0.05) is 31.9 Å². The number of aryl methyl sites for hydroxylation is 3. The first-order chi connectivity index (χ1) is 14.9. The highest BCUT2D eigenvalue weighted by atomic mass is 16.4. The van der Waals surface area contributed by atoms with Crippen molar-refractivity contribution in [3.8, 4) is 0 Å².